The first kappa shape index (κ1) is 26.6. The number of rotatable bonds is 6. The minimum Gasteiger partial charge on any atom is -0.453 e. The van der Waals surface area contributed by atoms with Gasteiger partial charge in [0.05, 0.1) is 28.2 Å². The molecule has 4 nitrogen and oxygen atoms in total. The zero-order chi connectivity index (χ0) is 26.4. The third kappa shape index (κ3) is 5.76. The zero-order valence-corrected chi connectivity index (χ0v) is 21.5. The number of halogens is 6. The minimum absolute atomic E-state index is 0.733. The Morgan fingerprint density at radius 2 is 0.972 bits per heavy atom. The van der Waals surface area contributed by atoms with Crippen molar-refractivity contribution in [2.45, 2.75) is 26.2 Å². The molecule has 0 atom stereocenters. The summed E-state index contributed by atoms with van der Waals surface area (Å²) in [7, 11) is 0. The lowest BCUT2D eigenvalue weighted by Gasteiger charge is -2.05. The van der Waals surface area contributed by atoms with Crippen LogP contribution in [0.4, 0.5) is 26.3 Å². The van der Waals surface area contributed by atoms with Crippen molar-refractivity contribution in [3.05, 3.63) is 33.0 Å². The van der Waals surface area contributed by atoms with Crippen molar-refractivity contribution in [1.82, 2.24) is 0 Å². The van der Waals surface area contributed by atoms with Crippen LogP contribution in [0.3, 0.4) is 0 Å². The van der Waals surface area contributed by atoms with E-state index in [2.05, 4.69) is 9.47 Å². The van der Waals surface area contributed by atoms with E-state index < -0.39 is 37.5 Å². The van der Waals surface area contributed by atoms with E-state index in [4.69, 9.17) is 0 Å². The fourth-order valence-electron chi connectivity index (χ4n) is 3.18. The molecule has 0 saturated heterocycles. The van der Waals surface area contributed by atoms with Gasteiger partial charge in [0.1, 0.15) is 0 Å². The van der Waals surface area contributed by atoms with Crippen molar-refractivity contribution < 1.29 is 45.4 Å². The number of fused-ring (bicyclic) bond motifs is 5. The standard InChI is InChI=1S/C22H14F6O4S4/c1-9-11(3-5-13(29)31-7-21(23,24)25)33-17-15(9)35-20-18-16(36-19(17)20)10(2)12(34-18)4-6-14(30)32-8-22(26,27)28/h3-6H,7-8H2,1-2H3/b5-3+,6-4+. The summed E-state index contributed by atoms with van der Waals surface area (Å²) in [4.78, 5) is 24.6. The van der Waals surface area contributed by atoms with Gasteiger partial charge in [0, 0.05) is 21.9 Å². The summed E-state index contributed by atoms with van der Waals surface area (Å²) in [5, 5.41) is 0. The van der Waals surface area contributed by atoms with Gasteiger partial charge in [-0.3, -0.25) is 0 Å². The number of carbonyl (C=O) groups is 2. The Balaban J connectivity index is 1.58. The normalized spacial score (nSPS) is 13.2. The van der Waals surface area contributed by atoms with Gasteiger partial charge in [-0.05, 0) is 37.1 Å². The van der Waals surface area contributed by atoms with Crippen LogP contribution in [0.15, 0.2) is 12.2 Å². The van der Waals surface area contributed by atoms with Crippen LogP contribution in [-0.4, -0.2) is 37.5 Å². The van der Waals surface area contributed by atoms with E-state index in [1.54, 1.807) is 22.7 Å². The van der Waals surface area contributed by atoms with Crippen molar-refractivity contribution in [3.8, 4) is 0 Å². The van der Waals surface area contributed by atoms with Gasteiger partial charge in [0.2, 0.25) is 0 Å². The molecule has 36 heavy (non-hydrogen) atoms. The molecule has 0 amide bonds. The molecular formula is C22H14F6O4S4. The van der Waals surface area contributed by atoms with E-state index in [1.807, 2.05) is 13.8 Å². The van der Waals surface area contributed by atoms with Gasteiger partial charge in [-0.2, -0.15) is 26.3 Å². The average Bonchev–Trinajstić information content (AvgIpc) is 3.47. The van der Waals surface area contributed by atoms with Crippen LogP contribution in [0, 0.1) is 13.8 Å². The summed E-state index contributed by atoms with van der Waals surface area (Å²) < 4.78 is 87.6. The predicted octanol–water partition coefficient (Wildman–Crippen LogP) is 8.25. The Labute approximate surface area is 215 Å². The summed E-state index contributed by atoms with van der Waals surface area (Å²) in [5.74, 6) is -2.16. The van der Waals surface area contributed by atoms with Crippen molar-refractivity contribution in [3.63, 3.8) is 0 Å². The fraction of sp³-hybridized carbons (Fsp3) is 0.273. The highest BCUT2D eigenvalue weighted by molar-refractivity contribution is 7.44. The number of hydrogen-bond donors (Lipinski definition) is 0. The molecule has 192 valence electrons. The molecular weight excluding hydrogens is 570 g/mol. The third-order valence-electron chi connectivity index (χ3n) is 4.78. The van der Waals surface area contributed by atoms with Crippen molar-refractivity contribution >= 4 is 97.6 Å². The fourth-order valence-corrected chi connectivity index (χ4v) is 9.02. The SMILES string of the molecule is Cc1c(/C=C/C(=O)OCC(F)(F)F)sc2c1sc1c3sc(/C=C/C(=O)OCC(F)(F)F)c(C)c3sc21. The molecule has 4 aromatic heterocycles. The van der Waals surface area contributed by atoms with E-state index in [0.717, 1.165) is 61.2 Å². The Morgan fingerprint density at radius 3 is 1.31 bits per heavy atom. The minimum atomic E-state index is -4.59. The number of hydrogen-bond acceptors (Lipinski definition) is 8. The molecule has 0 radical (unpaired) electrons. The number of esters is 2. The molecule has 0 fully saturated rings. The Morgan fingerprint density at radius 1 is 0.639 bits per heavy atom. The highest BCUT2D eigenvalue weighted by Gasteiger charge is 2.30. The molecule has 4 heterocycles. The number of alkyl halides is 6. The first-order valence-electron chi connectivity index (χ1n) is 9.94. The van der Waals surface area contributed by atoms with E-state index in [0.29, 0.717) is 0 Å². The molecule has 0 bridgehead atoms. The second-order valence-corrected chi connectivity index (χ2v) is 11.6. The lowest BCUT2D eigenvalue weighted by molar-refractivity contribution is -0.182. The topological polar surface area (TPSA) is 52.6 Å². The molecule has 4 rings (SSSR count). The molecule has 0 aromatic carbocycles. The summed E-state index contributed by atoms with van der Waals surface area (Å²) in [5.41, 5.74) is 1.77. The maximum Gasteiger partial charge on any atom is 0.422 e. The summed E-state index contributed by atoms with van der Waals surface area (Å²) in [6.07, 6.45) is -4.35. The zero-order valence-electron chi connectivity index (χ0n) is 18.3. The Kier molecular flexibility index (Phi) is 7.25. The number of carbonyl (C=O) groups excluding carboxylic acids is 2. The largest absolute Gasteiger partial charge is 0.453 e. The lowest BCUT2D eigenvalue weighted by Crippen LogP contribution is -2.19. The first-order valence-corrected chi connectivity index (χ1v) is 13.2. The van der Waals surface area contributed by atoms with E-state index in [1.165, 1.54) is 34.8 Å². The van der Waals surface area contributed by atoms with Crippen LogP contribution in [-0.2, 0) is 19.1 Å². The number of aryl methyl sites for hydroxylation is 2. The highest BCUT2D eigenvalue weighted by atomic mass is 32.1. The van der Waals surface area contributed by atoms with Gasteiger partial charge in [0.25, 0.3) is 0 Å². The molecule has 0 aliphatic rings. The van der Waals surface area contributed by atoms with Gasteiger partial charge in [-0.25, -0.2) is 9.59 Å². The van der Waals surface area contributed by atoms with Gasteiger partial charge in [-0.15, -0.1) is 45.3 Å². The number of ether oxygens (including phenoxy) is 2. The molecule has 0 saturated carbocycles. The van der Waals surface area contributed by atoms with Crippen LogP contribution in [0.1, 0.15) is 20.9 Å². The smallest absolute Gasteiger partial charge is 0.422 e. The summed E-state index contributed by atoms with van der Waals surface area (Å²) in [6, 6.07) is 0. The lowest BCUT2D eigenvalue weighted by atomic mass is 10.2. The van der Waals surface area contributed by atoms with Crippen LogP contribution in [0.25, 0.3) is 40.4 Å². The van der Waals surface area contributed by atoms with Crippen LogP contribution < -0.4 is 0 Å². The van der Waals surface area contributed by atoms with Crippen LogP contribution in [0.5, 0.6) is 0 Å². The quantitative estimate of drug-likeness (QED) is 0.130. The molecule has 0 aliphatic carbocycles. The Hall–Kier alpha value is -2.42. The van der Waals surface area contributed by atoms with Gasteiger partial charge >= 0.3 is 24.3 Å². The van der Waals surface area contributed by atoms with Crippen LogP contribution >= 0.6 is 45.3 Å². The van der Waals surface area contributed by atoms with Crippen molar-refractivity contribution in [2.24, 2.45) is 0 Å². The first-order chi connectivity index (χ1) is 16.7. The molecule has 14 heteroatoms. The molecule has 0 spiro atoms. The third-order valence-corrected chi connectivity index (χ3v) is 10.6. The molecule has 0 N–H and O–H groups in total. The maximum atomic E-state index is 12.2. The Bertz CT molecular complexity index is 1410. The summed E-state index contributed by atoms with van der Waals surface area (Å²) >= 11 is 5.92. The van der Waals surface area contributed by atoms with E-state index in [9.17, 15) is 35.9 Å². The average molecular weight is 585 g/mol. The predicted molar refractivity (Wildman–Crippen MR) is 132 cm³/mol. The van der Waals surface area contributed by atoms with Gasteiger partial charge < -0.3 is 9.47 Å². The van der Waals surface area contributed by atoms with E-state index >= 15 is 0 Å². The molecule has 0 unspecified atom stereocenters. The maximum absolute atomic E-state index is 12.2. The molecule has 0 aliphatic heterocycles. The second-order valence-electron chi connectivity index (χ2n) is 7.47. The number of thiophene rings is 4. The summed E-state index contributed by atoms with van der Waals surface area (Å²) in [6.45, 7) is 0.424. The van der Waals surface area contributed by atoms with Gasteiger partial charge in [0.15, 0.2) is 13.2 Å². The van der Waals surface area contributed by atoms with Crippen molar-refractivity contribution in [2.75, 3.05) is 13.2 Å². The van der Waals surface area contributed by atoms with Crippen molar-refractivity contribution in [1.29, 1.82) is 0 Å². The molecule has 4 aromatic rings. The van der Waals surface area contributed by atoms with E-state index in [-0.39, 0.29) is 0 Å². The van der Waals surface area contributed by atoms with Crippen LogP contribution in [0.2, 0.25) is 0 Å². The van der Waals surface area contributed by atoms with Gasteiger partial charge in [-0.1, -0.05) is 0 Å². The monoisotopic (exact) mass is 584 g/mol. The highest BCUT2D eigenvalue weighted by Crippen LogP contribution is 2.52. The second kappa shape index (κ2) is 9.80.